The number of carbonyl (C=O) groups excluding carboxylic acids is 1. The van der Waals surface area contributed by atoms with E-state index in [-0.39, 0.29) is 11.9 Å². The van der Waals surface area contributed by atoms with Crippen LogP contribution in [0.1, 0.15) is 31.5 Å². The minimum Gasteiger partial charge on any atom is -0.336 e. The van der Waals surface area contributed by atoms with E-state index in [1.54, 1.807) is 0 Å². The monoisotopic (exact) mass is 360 g/mol. The number of hydrogen-bond donors (Lipinski definition) is 2. The first kappa shape index (κ1) is 18.0. The maximum atomic E-state index is 12.9. The fourth-order valence-electron chi connectivity index (χ4n) is 3.36. The molecule has 2 heterocycles. The van der Waals surface area contributed by atoms with Crippen molar-refractivity contribution in [3.05, 3.63) is 40.5 Å². The summed E-state index contributed by atoms with van der Waals surface area (Å²) in [7, 11) is 1.86. The zero-order valence-corrected chi connectivity index (χ0v) is 15.7. The lowest BCUT2D eigenvalue weighted by molar-refractivity contribution is -0.134. The number of nitrogens with zero attached hydrogens (tertiary/aromatic N) is 2. The number of likely N-dealkylation sites (N-methyl/N-ethyl adjacent to an activating group) is 1. The van der Waals surface area contributed by atoms with E-state index in [0.29, 0.717) is 17.5 Å². The average Bonchev–Trinajstić information content (AvgIpc) is 3.02. The van der Waals surface area contributed by atoms with Gasteiger partial charge in [0.25, 0.3) is 0 Å². The van der Waals surface area contributed by atoms with Crippen molar-refractivity contribution in [2.45, 2.75) is 39.3 Å². The molecule has 0 saturated carbocycles. The van der Waals surface area contributed by atoms with Crippen LogP contribution in [0.3, 0.4) is 0 Å². The predicted molar refractivity (Wildman–Crippen MR) is 100 cm³/mol. The molecule has 1 aromatic heterocycles. The second-order valence-electron chi connectivity index (χ2n) is 7.02. The van der Waals surface area contributed by atoms with Gasteiger partial charge < -0.3 is 10.2 Å². The molecule has 0 saturated heterocycles. The fraction of sp³-hybridized carbons (Fsp3) is 0.474. The van der Waals surface area contributed by atoms with Gasteiger partial charge in [0, 0.05) is 41.4 Å². The van der Waals surface area contributed by atoms with E-state index in [9.17, 15) is 4.79 Å². The Bertz CT molecular complexity index is 738. The van der Waals surface area contributed by atoms with Crippen LogP contribution in [0.4, 0.5) is 0 Å². The van der Waals surface area contributed by atoms with Crippen LogP contribution in [0.25, 0.3) is 11.3 Å². The molecule has 1 aromatic carbocycles. The number of H-pyrrole nitrogens is 1. The van der Waals surface area contributed by atoms with Gasteiger partial charge in [0.1, 0.15) is 0 Å². The molecule has 134 valence electrons. The molecule has 2 aromatic rings. The number of carbonyl (C=O) groups is 1. The second-order valence-corrected chi connectivity index (χ2v) is 7.45. The van der Waals surface area contributed by atoms with Crippen LogP contribution >= 0.6 is 11.6 Å². The minimum atomic E-state index is -0.132. The Morgan fingerprint density at radius 3 is 2.72 bits per heavy atom. The molecule has 6 heteroatoms. The Morgan fingerprint density at radius 1 is 1.36 bits per heavy atom. The molecular weight excluding hydrogens is 336 g/mol. The Balaban J connectivity index is 1.82. The smallest absolute Gasteiger partial charge is 0.240 e. The maximum Gasteiger partial charge on any atom is 0.240 e. The molecule has 0 spiro atoms. The summed E-state index contributed by atoms with van der Waals surface area (Å²) in [6.45, 7) is 5.60. The highest BCUT2D eigenvalue weighted by molar-refractivity contribution is 6.30. The van der Waals surface area contributed by atoms with Crippen molar-refractivity contribution < 1.29 is 4.79 Å². The standard InChI is InChI=1S/C19H25ClN4O/c1-12(2)10-17(21-3)19(25)24-9-8-16-15(11-24)18(23-22-16)13-4-6-14(20)7-5-13/h4-7,12,17,21H,8-11H2,1-3H3,(H,22,23)/t17-/m0/s1. The first-order chi connectivity index (χ1) is 12.0. The van der Waals surface area contributed by atoms with Crippen molar-refractivity contribution in [3.63, 3.8) is 0 Å². The molecule has 1 atom stereocenters. The molecule has 3 rings (SSSR count). The van der Waals surface area contributed by atoms with Crippen molar-refractivity contribution in [2.75, 3.05) is 13.6 Å². The van der Waals surface area contributed by atoms with Crippen LogP contribution in [0.2, 0.25) is 5.02 Å². The lowest BCUT2D eigenvalue weighted by Gasteiger charge is -2.31. The number of benzene rings is 1. The van der Waals surface area contributed by atoms with Crippen LogP contribution in [0.5, 0.6) is 0 Å². The number of hydrogen-bond acceptors (Lipinski definition) is 3. The number of halogens is 1. The summed E-state index contributed by atoms with van der Waals surface area (Å²) in [5.74, 6) is 0.644. The predicted octanol–water partition coefficient (Wildman–Crippen LogP) is 3.25. The highest BCUT2D eigenvalue weighted by atomic mass is 35.5. The summed E-state index contributed by atoms with van der Waals surface area (Å²) >= 11 is 5.99. The van der Waals surface area contributed by atoms with E-state index < -0.39 is 0 Å². The molecule has 5 nitrogen and oxygen atoms in total. The van der Waals surface area contributed by atoms with E-state index in [1.165, 1.54) is 0 Å². The Morgan fingerprint density at radius 2 is 2.08 bits per heavy atom. The van der Waals surface area contributed by atoms with E-state index >= 15 is 0 Å². The normalized spacial score (nSPS) is 15.3. The molecule has 0 bridgehead atoms. The Hall–Kier alpha value is -1.85. The van der Waals surface area contributed by atoms with Gasteiger partial charge in [-0.25, -0.2) is 0 Å². The third kappa shape index (κ3) is 3.88. The summed E-state index contributed by atoms with van der Waals surface area (Å²) in [6.07, 6.45) is 1.65. The van der Waals surface area contributed by atoms with Crippen molar-refractivity contribution in [1.82, 2.24) is 20.4 Å². The Kier molecular flexibility index (Phi) is 5.45. The number of aromatic nitrogens is 2. The van der Waals surface area contributed by atoms with Crippen LogP contribution in [-0.2, 0) is 17.8 Å². The van der Waals surface area contributed by atoms with Gasteiger partial charge in [0.2, 0.25) is 5.91 Å². The SMILES string of the molecule is CN[C@@H](CC(C)C)C(=O)N1CCc2[nH]nc(-c3ccc(Cl)cc3)c2C1. The lowest BCUT2D eigenvalue weighted by atomic mass is 9.98. The first-order valence-electron chi connectivity index (χ1n) is 8.77. The number of nitrogens with one attached hydrogen (secondary N) is 2. The van der Waals surface area contributed by atoms with Crippen molar-refractivity contribution in [3.8, 4) is 11.3 Å². The molecule has 2 N–H and O–H groups in total. The second kappa shape index (κ2) is 7.58. The Labute approximate surface area is 153 Å². The third-order valence-electron chi connectivity index (χ3n) is 4.72. The number of amides is 1. The topological polar surface area (TPSA) is 61.0 Å². The summed E-state index contributed by atoms with van der Waals surface area (Å²) in [4.78, 5) is 14.8. The first-order valence-corrected chi connectivity index (χ1v) is 9.15. The quantitative estimate of drug-likeness (QED) is 0.860. The van der Waals surface area contributed by atoms with Gasteiger partial charge in [-0.3, -0.25) is 9.89 Å². The van der Waals surface area contributed by atoms with Gasteiger partial charge in [0.05, 0.1) is 11.7 Å². The molecule has 1 aliphatic heterocycles. The maximum absolute atomic E-state index is 12.9. The summed E-state index contributed by atoms with van der Waals surface area (Å²) in [6, 6.07) is 7.53. The highest BCUT2D eigenvalue weighted by Gasteiger charge is 2.29. The van der Waals surface area contributed by atoms with Gasteiger partial charge in [0.15, 0.2) is 0 Å². The molecule has 25 heavy (non-hydrogen) atoms. The van der Waals surface area contributed by atoms with Gasteiger partial charge in [-0.15, -0.1) is 0 Å². The van der Waals surface area contributed by atoms with Crippen LogP contribution in [0, 0.1) is 5.92 Å². The number of aromatic amines is 1. The molecule has 0 unspecified atom stereocenters. The van der Waals surface area contributed by atoms with Gasteiger partial charge in [-0.05, 0) is 31.5 Å². The average molecular weight is 361 g/mol. The largest absolute Gasteiger partial charge is 0.336 e. The summed E-state index contributed by atoms with van der Waals surface area (Å²) < 4.78 is 0. The van der Waals surface area contributed by atoms with Crippen molar-refractivity contribution in [2.24, 2.45) is 5.92 Å². The van der Waals surface area contributed by atoms with E-state index in [2.05, 4.69) is 29.4 Å². The van der Waals surface area contributed by atoms with Crippen LogP contribution < -0.4 is 5.32 Å². The van der Waals surface area contributed by atoms with Crippen molar-refractivity contribution in [1.29, 1.82) is 0 Å². The van der Waals surface area contributed by atoms with E-state index in [4.69, 9.17) is 11.6 Å². The third-order valence-corrected chi connectivity index (χ3v) is 4.97. The molecule has 0 fully saturated rings. The van der Waals surface area contributed by atoms with Gasteiger partial charge in [-0.1, -0.05) is 37.6 Å². The zero-order chi connectivity index (χ0) is 18.0. The molecule has 0 aliphatic carbocycles. The van der Waals surface area contributed by atoms with Crippen molar-refractivity contribution >= 4 is 17.5 Å². The fourth-order valence-corrected chi connectivity index (χ4v) is 3.49. The van der Waals surface area contributed by atoms with Gasteiger partial charge in [-0.2, -0.15) is 5.10 Å². The molecule has 1 amide bonds. The number of fused-ring (bicyclic) bond motifs is 1. The van der Waals surface area contributed by atoms with Crippen LogP contribution in [-0.4, -0.2) is 40.6 Å². The summed E-state index contributed by atoms with van der Waals surface area (Å²) in [5, 5.41) is 11.5. The highest BCUT2D eigenvalue weighted by Crippen LogP contribution is 2.29. The van der Waals surface area contributed by atoms with Gasteiger partial charge >= 0.3 is 0 Å². The summed E-state index contributed by atoms with van der Waals surface area (Å²) in [5.41, 5.74) is 4.16. The molecule has 0 radical (unpaired) electrons. The lowest BCUT2D eigenvalue weighted by Crippen LogP contribution is -2.47. The van der Waals surface area contributed by atoms with E-state index in [0.717, 1.165) is 41.9 Å². The minimum absolute atomic E-state index is 0.132. The van der Waals surface area contributed by atoms with Crippen LogP contribution in [0.15, 0.2) is 24.3 Å². The molecule has 1 aliphatic rings. The molecular formula is C19H25ClN4O. The van der Waals surface area contributed by atoms with E-state index in [1.807, 2.05) is 36.2 Å². The number of rotatable bonds is 5. The zero-order valence-electron chi connectivity index (χ0n) is 15.0.